The molecule has 0 radical (unpaired) electrons. The van der Waals surface area contributed by atoms with Crippen molar-refractivity contribution in [2.45, 2.75) is 6.42 Å². The summed E-state index contributed by atoms with van der Waals surface area (Å²) in [6, 6.07) is 13.3. The molecular weight excluding hydrogens is 358 g/mol. The first-order valence-corrected chi connectivity index (χ1v) is 8.06. The van der Waals surface area contributed by atoms with Gasteiger partial charge in [0.15, 0.2) is 0 Å². The number of halogens is 1. The predicted molar refractivity (Wildman–Crippen MR) is 94.4 cm³/mol. The van der Waals surface area contributed by atoms with Crippen LogP contribution in [0.5, 0.6) is 11.5 Å². The fourth-order valence-corrected chi connectivity index (χ4v) is 2.60. The molecule has 2 aromatic carbocycles. The summed E-state index contributed by atoms with van der Waals surface area (Å²) < 4.78 is 11.3. The molecular formula is C18H20BrNO3. The average Bonchev–Trinajstić information content (AvgIpc) is 2.59. The summed E-state index contributed by atoms with van der Waals surface area (Å²) in [6.07, 6.45) is 0.780. The molecule has 0 aromatic heterocycles. The van der Waals surface area contributed by atoms with Crippen molar-refractivity contribution in [2.75, 3.05) is 27.8 Å². The summed E-state index contributed by atoms with van der Waals surface area (Å²) in [7, 11) is 5.01. The summed E-state index contributed by atoms with van der Waals surface area (Å²) >= 11 is 3.39. The molecule has 0 saturated heterocycles. The van der Waals surface area contributed by atoms with Crippen molar-refractivity contribution in [3.63, 3.8) is 0 Å². The maximum Gasteiger partial charge on any atom is 0.257 e. The van der Waals surface area contributed by atoms with E-state index in [0.717, 1.165) is 22.2 Å². The van der Waals surface area contributed by atoms with Crippen LogP contribution in [0.3, 0.4) is 0 Å². The number of rotatable bonds is 6. The molecule has 0 spiro atoms. The van der Waals surface area contributed by atoms with E-state index in [9.17, 15) is 4.79 Å². The van der Waals surface area contributed by atoms with Crippen LogP contribution in [0.2, 0.25) is 0 Å². The van der Waals surface area contributed by atoms with Crippen LogP contribution >= 0.6 is 15.9 Å². The van der Waals surface area contributed by atoms with Crippen LogP contribution in [0.4, 0.5) is 0 Å². The van der Waals surface area contributed by atoms with Gasteiger partial charge in [0.05, 0.1) is 19.8 Å². The second kappa shape index (κ2) is 8.02. The van der Waals surface area contributed by atoms with Gasteiger partial charge in [-0.1, -0.05) is 28.1 Å². The highest BCUT2D eigenvalue weighted by Gasteiger charge is 2.17. The summed E-state index contributed by atoms with van der Waals surface area (Å²) in [5.41, 5.74) is 1.71. The number of hydrogen-bond acceptors (Lipinski definition) is 3. The zero-order valence-corrected chi connectivity index (χ0v) is 15.1. The monoisotopic (exact) mass is 377 g/mol. The number of methoxy groups -OCH3 is 2. The number of hydrogen-bond donors (Lipinski definition) is 0. The Labute approximate surface area is 145 Å². The molecule has 0 atom stereocenters. The smallest absolute Gasteiger partial charge is 0.257 e. The van der Waals surface area contributed by atoms with Crippen LogP contribution in [0.1, 0.15) is 15.9 Å². The number of ether oxygens (including phenoxy) is 2. The third kappa shape index (κ3) is 4.48. The standard InChI is InChI=1S/C18H20BrNO3/c1-20(11-10-13-4-7-15(22-2)8-5-13)18(21)16-12-14(19)6-9-17(16)23-3/h4-9,12H,10-11H2,1-3H3. The molecule has 5 heteroatoms. The summed E-state index contributed by atoms with van der Waals surface area (Å²) in [5, 5.41) is 0. The van der Waals surface area contributed by atoms with E-state index in [2.05, 4.69) is 15.9 Å². The molecule has 1 amide bonds. The highest BCUT2D eigenvalue weighted by Crippen LogP contribution is 2.24. The fraction of sp³-hybridized carbons (Fsp3) is 0.278. The summed E-state index contributed by atoms with van der Waals surface area (Å²) in [4.78, 5) is 14.3. The number of carbonyl (C=O) groups is 1. The van der Waals surface area contributed by atoms with E-state index in [-0.39, 0.29) is 5.91 Å². The van der Waals surface area contributed by atoms with E-state index in [1.807, 2.05) is 30.3 Å². The zero-order valence-electron chi connectivity index (χ0n) is 13.5. The molecule has 2 aromatic rings. The van der Waals surface area contributed by atoms with Crippen molar-refractivity contribution in [2.24, 2.45) is 0 Å². The molecule has 0 N–H and O–H groups in total. The largest absolute Gasteiger partial charge is 0.497 e. The van der Waals surface area contributed by atoms with E-state index in [1.165, 1.54) is 0 Å². The Morgan fingerprint density at radius 2 is 1.78 bits per heavy atom. The van der Waals surface area contributed by atoms with E-state index >= 15 is 0 Å². The molecule has 122 valence electrons. The number of benzene rings is 2. The Balaban J connectivity index is 2.03. The van der Waals surface area contributed by atoms with Gasteiger partial charge in [-0.05, 0) is 42.3 Å². The number of carbonyl (C=O) groups excluding carboxylic acids is 1. The van der Waals surface area contributed by atoms with Crippen LogP contribution in [-0.4, -0.2) is 38.6 Å². The van der Waals surface area contributed by atoms with Gasteiger partial charge in [-0.3, -0.25) is 4.79 Å². The quantitative estimate of drug-likeness (QED) is 0.768. The third-order valence-corrected chi connectivity index (χ3v) is 4.13. The second-order valence-corrected chi connectivity index (χ2v) is 6.09. The molecule has 0 fully saturated rings. The minimum atomic E-state index is -0.0586. The maximum atomic E-state index is 12.6. The SMILES string of the molecule is COc1ccc(CCN(C)C(=O)c2cc(Br)ccc2OC)cc1. The van der Waals surface area contributed by atoms with Crippen molar-refractivity contribution in [3.8, 4) is 11.5 Å². The topological polar surface area (TPSA) is 38.8 Å². The van der Waals surface area contributed by atoms with Crippen LogP contribution in [-0.2, 0) is 6.42 Å². The van der Waals surface area contributed by atoms with Crippen molar-refractivity contribution in [1.82, 2.24) is 4.90 Å². The number of nitrogens with zero attached hydrogens (tertiary/aromatic N) is 1. The van der Waals surface area contributed by atoms with Crippen molar-refractivity contribution < 1.29 is 14.3 Å². The van der Waals surface area contributed by atoms with E-state index < -0.39 is 0 Å². The lowest BCUT2D eigenvalue weighted by Gasteiger charge is -2.19. The first kappa shape index (κ1) is 17.3. The van der Waals surface area contributed by atoms with Gasteiger partial charge in [0.1, 0.15) is 11.5 Å². The molecule has 4 nitrogen and oxygen atoms in total. The fourth-order valence-electron chi connectivity index (χ4n) is 2.24. The minimum Gasteiger partial charge on any atom is -0.497 e. The molecule has 0 saturated carbocycles. The maximum absolute atomic E-state index is 12.6. The second-order valence-electron chi connectivity index (χ2n) is 5.17. The summed E-state index contributed by atoms with van der Waals surface area (Å²) in [6.45, 7) is 0.626. The third-order valence-electron chi connectivity index (χ3n) is 3.63. The first-order valence-electron chi connectivity index (χ1n) is 7.27. The number of amides is 1. The normalized spacial score (nSPS) is 10.3. The van der Waals surface area contributed by atoms with Crippen molar-refractivity contribution >= 4 is 21.8 Å². The van der Waals surface area contributed by atoms with Crippen LogP contribution < -0.4 is 9.47 Å². The lowest BCUT2D eigenvalue weighted by molar-refractivity contribution is 0.0793. The van der Waals surface area contributed by atoms with Gasteiger partial charge in [0.25, 0.3) is 5.91 Å². The van der Waals surface area contributed by atoms with Gasteiger partial charge in [-0.25, -0.2) is 0 Å². The van der Waals surface area contributed by atoms with Gasteiger partial charge in [-0.15, -0.1) is 0 Å². The minimum absolute atomic E-state index is 0.0586. The Morgan fingerprint density at radius 3 is 2.39 bits per heavy atom. The lowest BCUT2D eigenvalue weighted by atomic mass is 10.1. The average molecular weight is 378 g/mol. The van der Waals surface area contributed by atoms with Gasteiger partial charge < -0.3 is 14.4 Å². The van der Waals surface area contributed by atoms with E-state index in [1.54, 1.807) is 38.3 Å². The van der Waals surface area contributed by atoms with Gasteiger partial charge in [0.2, 0.25) is 0 Å². The Morgan fingerprint density at radius 1 is 1.09 bits per heavy atom. The Hall–Kier alpha value is -2.01. The van der Waals surface area contributed by atoms with Crippen LogP contribution in [0.25, 0.3) is 0 Å². The Kier molecular flexibility index (Phi) is 6.04. The van der Waals surface area contributed by atoms with Gasteiger partial charge in [-0.2, -0.15) is 0 Å². The molecule has 0 aliphatic carbocycles. The summed E-state index contributed by atoms with van der Waals surface area (Å²) in [5.74, 6) is 1.35. The molecule has 2 rings (SSSR count). The molecule has 23 heavy (non-hydrogen) atoms. The highest BCUT2D eigenvalue weighted by atomic mass is 79.9. The highest BCUT2D eigenvalue weighted by molar-refractivity contribution is 9.10. The van der Waals surface area contributed by atoms with Crippen molar-refractivity contribution in [3.05, 3.63) is 58.1 Å². The first-order chi connectivity index (χ1) is 11.0. The Bertz CT molecular complexity index is 670. The zero-order chi connectivity index (χ0) is 16.8. The predicted octanol–water partition coefficient (Wildman–Crippen LogP) is 3.78. The molecule has 0 aliphatic rings. The van der Waals surface area contributed by atoms with Gasteiger partial charge in [0, 0.05) is 18.1 Å². The van der Waals surface area contributed by atoms with Gasteiger partial charge >= 0.3 is 0 Å². The van der Waals surface area contributed by atoms with E-state index in [4.69, 9.17) is 9.47 Å². The molecule has 0 bridgehead atoms. The van der Waals surface area contributed by atoms with E-state index in [0.29, 0.717) is 17.9 Å². The van der Waals surface area contributed by atoms with Crippen LogP contribution in [0.15, 0.2) is 46.9 Å². The number of likely N-dealkylation sites (N-methyl/N-ethyl adjacent to an activating group) is 1. The molecule has 0 heterocycles. The van der Waals surface area contributed by atoms with Crippen molar-refractivity contribution in [1.29, 1.82) is 0 Å². The lowest BCUT2D eigenvalue weighted by Crippen LogP contribution is -2.29. The van der Waals surface area contributed by atoms with Crippen LogP contribution in [0, 0.1) is 0 Å². The molecule has 0 aliphatic heterocycles. The molecule has 0 unspecified atom stereocenters.